The summed E-state index contributed by atoms with van der Waals surface area (Å²) in [5, 5.41) is 0. The topological polar surface area (TPSA) is 58.3 Å². The van der Waals surface area contributed by atoms with Gasteiger partial charge in [0.1, 0.15) is 0 Å². The molecule has 0 bridgehead atoms. The number of hydrogen-bond acceptors (Lipinski definition) is 5. The molecule has 0 amide bonds. The molecule has 0 spiro atoms. The van der Waals surface area contributed by atoms with E-state index in [1.807, 2.05) is 6.07 Å². The first-order valence-electron chi connectivity index (χ1n) is 6.31. The Morgan fingerprint density at radius 1 is 1.12 bits per heavy atom. The second kappa shape index (κ2) is 4.23. The summed E-state index contributed by atoms with van der Waals surface area (Å²) in [4.78, 5) is 13.4. The van der Waals surface area contributed by atoms with Crippen LogP contribution in [-0.2, 0) is 0 Å². The molecular weight excluding hydrogens is 214 g/mol. The highest BCUT2D eigenvalue weighted by Crippen LogP contribution is 2.41. The molecule has 0 aromatic carbocycles. The highest BCUT2D eigenvalue weighted by molar-refractivity contribution is 5.29. The smallest absolute Gasteiger partial charge is 0.225 e. The summed E-state index contributed by atoms with van der Waals surface area (Å²) in [6, 6.07) is 1.85. The van der Waals surface area contributed by atoms with Gasteiger partial charge in [0.25, 0.3) is 0 Å². The van der Waals surface area contributed by atoms with Crippen molar-refractivity contribution in [3.05, 3.63) is 18.5 Å². The lowest BCUT2D eigenvalue weighted by Gasteiger charge is -2.39. The van der Waals surface area contributed by atoms with Crippen LogP contribution in [0.2, 0.25) is 0 Å². The van der Waals surface area contributed by atoms with Crippen LogP contribution in [0.3, 0.4) is 0 Å². The Kier molecular flexibility index (Phi) is 2.72. The molecule has 92 valence electrons. The predicted molar refractivity (Wildman–Crippen MR) is 66.8 cm³/mol. The van der Waals surface area contributed by atoms with Gasteiger partial charge in [-0.2, -0.15) is 0 Å². The van der Waals surface area contributed by atoms with Crippen molar-refractivity contribution in [1.82, 2.24) is 14.9 Å². The van der Waals surface area contributed by atoms with Crippen molar-refractivity contribution < 1.29 is 0 Å². The lowest BCUT2D eigenvalue weighted by atomic mass is 10.2. The summed E-state index contributed by atoms with van der Waals surface area (Å²) in [6.07, 6.45) is 6.14. The van der Waals surface area contributed by atoms with Crippen molar-refractivity contribution in [3.8, 4) is 0 Å². The number of aromatic nitrogens is 2. The van der Waals surface area contributed by atoms with Gasteiger partial charge >= 0.3 is 0 Å². The lowest BCUT2D eigenvalue weighted by Crippen LogP contribution is -2.54. The fraction of sp³-hybridized carbons (Fsp3) is 0.667. The normalized spacial score (nSPS) is 23.7. The van der Waals surface area contributed by atoms with Crippen molar-refractivity contribution >= 4 is 5.95 Å². The van der Waals surface area contributed by atoms with Gasteiger partial charge in [0, 0.05) is 50.7 Å². The van der Waals surface area contributed by atoms with E-state index < -0.39 is 0 Å². The van der Waals surface area contributed by atoms with E-state index in [0.717, 1.165) is 38.7 Å². The molecule has 1 aromatic rings. The predicted octanol–water partition coefficient (Wildman–Crippen LogP) is 0.0899. The van der Waals surface area contributed by atoms with E-state index in [-0.39, 0.29) is 0 Å². The number of anilines is 1. The largest absolute Gasteiger partial charge is 0.338 e. The molecule has 1 aromatic heterocycles. The highest BCUT2D eigenvalue weighted by atomic mass is 15.3. The van der Waals surface area contributed by atoms with E-state index in [0.29, 0.717) is 5.54 Å². The maximum Gasteiger partial charge on any atom is 0.225 e. The summed E-state index contributed by atoms with van der Waals surface area (Å²) in [5.74, 6) is 0.852. The van der Waals surface area contributed by atoms with Crippen molar-refractivity contribution in [1.29, 1.82) is 0 Å². The van der Waals surface area contributed by atoms with E-state index in [4.69, 9.17) is 5.73 Å². The molecule has 0 radical (unpaired) electrons. The molecule has 1 aliphatic heterocycles. The van der Waals surface area contributed by atoms with Gasteiger partial charge in [-0.3, -0.25) is 4.90 Å². The molecule has 1 saturated heterocycles. The molecule has 0 unspecified atom stereocenters. The van der Waals surface area contributed by atoms with Crippen LogP contribution >= 0.6 is 0 Å². The Balaban J connectivity index is 1.61. The number of hydrogen-bond donors (Lipinski definition) is 1. The average molecular weight is 233 g/mol. The van der Waals surface area contributed by atoms with Crippen molar-refractivity contribution in [2.75, 3.05) is 37.6 Å². The Labute approximate surface area is 102 Å². The highest BCUT2D eigenvalue weighted by Gasteiger charge is 2.47. The lowest BCUT2D eigenvalue weighted by molar-refractivity contribution is 0.170. The second-order valence-electron chi connectivity index (χ2n) is 4.95. The average Bonchev–Trinajstić information content (AvgIpc) is 3.21. The first-order valence-corrected chi connectivity index (χ1v) is 6.31. The van der Waals surface area contributed by atoms with E-state index in [9.17, 15) is 0 Å². The van der Waals surface area contributed by atoms with Gasteiger partial charge in [-0.25, -0.2) is 9.97 Å². The number of nitrogens with two attached hydrogens (primary N) is 1. The molecule has 0 atom stereocenters. The number of nitrogens with zero attached hydrogens (tertiary/aromatic N) is 4. The first kappa shape index (κ1) is 10.9. The molecule has 2 aliphatic rings. The van der Waals surface area contributed by atoms with Crippen molar-refractivity contribution in [2.24, 2.45) is 5.73 Å². The van der Waals surface area contributed by atoms with Crippen LogP contribution in [0.5, 0.6) is 0 Å². The SMILES string of the molecule is NCC1(N2CCN(c3ncccn3)CC2)CC1. The fourth-order valence-electron chi connectivity index (χ4n) is 2.63. The van der Waals surface area contributed by atoms with Crippen LogP contribution in [-0.4, -0.2) is 53.1 Å². The summed E-state index contributed by atoms with van der Waals surface area (Å²) in [5.41, 5.74) is 6.20. The van der Waals surface area contributed by atoms with Gasteiger partial charge in [0.05, 0.1) is 0 Å². The quantitative estimate of drug-likeness (QED) is 0.802. The number of piperazine rings is 1. The van der Waals surface area contributed by atoms with Gasteiger partial charge in [-0.05, 0) is 18.9 Å². The van der Waals surface area contributed by atoms with Crippen molar-refractivity contribution in [2.45, 2.75) is 18.4 Å². The fourth-order valence-corrected chi connectivity index (χ4v) is 2.63. The monoisotopic (exact) mass is 233 g/mol. The van der Waals surface area contributed by atoms with Crippen LogP contribution in [0.25, 0.3) is 0 Å². The molecule has 5 heteroatoms. The van der Waals surface area contributed by atoms with Crippen LogP contribution in [0.4, 0.5) is 5.95 Å². The van der Waals surface area contributed by atoms with Gasteiger partial charge in [0.15, 0.2) is 0 Å². The minimum atomic E-state index is 0.337. The third kappa shape index (κ3) is 2.00. The molecular formula is C12H19N5. The maximum absolute atomic E-state index is 5.87. The van der Waals surface area contributed by atoms with Crippen LogP contribution in [0.1, 0.15) is 12.8 Å². The van der Waals surface area contributed by atoms with Crippen LogP contribution in [0.15, 0.2) is 18.5 Å². The zero-order chi connectivity index (χ0) is 11.7. The molecule has 17 heavy (non-hydrogen) atoms. The van der Waals surface area contributed by atoms with E-state index in [1.54, 1.807) is 12.4 Å². The Hall–Kier alpha value is -1.20. The molecule has 1 saturated carbocycles. The Bertz CT molecular complexity index is 368. The molecule has 3 rings (SSSR count). The third-order valence-electron chi connectivity index (χ3n) is 3.99. The van der Waals surface area contributed by atoms with Gasteiger partial charge in [-0.15, -0.1) is 0 Å². The summed E-state index contributed by atoms with van der Waals surface area (Å²) >= 11 is 0. The minimum Gasteiger partial charge on any atom is -0.338 e. The first-order chi connectivity index (χ1) is 8.34. The standard InChI is InChI=1S/C12H19N5/c13-10-12(2-3-12)17-8-6-16(7-9-17)11-14-4-1-5-15-11/h1,4-5H,2-3,6-10,13H2. The minimum absolute atomic E-state index is 0.337. The van der Waals surface area contributed by atoms with Gasteiger partial charge < -0.3 is 10.6 Å². The Morgan fingerprint density at radius 2 is 1.76 bits per heavy atom. The zero-order valence-electron chi connectivity index (χ0n) is 10.0. The maximum atomic E-state index is 5.87. The van der Waals surface area contributed by atoms with E-state index in [1.165, 1.54) is 12.8 Å². The second-order valence-corrected chi connectivity index (χ2v) is 4.95. The zero-order valence-corrected chi connectivity index (χ0v) is 10.0. The summed E-state index contributed by atoms with van der Waals surface area (Å²) in [7, 11) is 0. The third-order valence-corrected chi connectivity index (χ3v) is 3.99. The van der Waals surface area contributed by atoms with Crippen LogP contribution < -0.4 is 10.6 Å². The molecule has 2 fully saturated rings. The van der Waals surface area contributed by atoms with E-state index >= 15 is 0 Å². The molecule has 1 aliphatic carbocycles. The summed E-state index contributed by atoms with van der Waals surface area (Å²) in [6.45, 7) is 4.97. The molecule has 2 N–H and O–H groups in total. The van der Waals surface area contributed by atoms with Crippen LogP contribution in [0, 0.1) is 0 Å². The number of rotatable bonds is 3. The van der Waals surface area contributed by atoms with E-state index in [2.05, 4.69) is 19.8 Å². The summed E-state index contributed by atoms with van der Waals surface area (Å²) < 4.78 is 0. The van der Waals surface area contributed by atoms with Crippen molar-refractivity contribution in [3.63, 3.8) is 0 Å². The molecule has 2 heterocycles. The Morgan fingerprint density at radius 3 is 2.29 bits per heavy atom. The van der Waals surface area contributed by atoms with Gasteiger partial charge in [0.2, 0.25) is 5.95 Å². The molecule has 5 nitrogen and oxygen atoms in total. The van der Waals surface area contributed by atoms with Gasteiger partial charge in [-0.1, -0.05) is 0 Å².